The summed E-state index contributed by atoms with van der Waals surface area (Å²) < 4.78 is 0. The lowest BCUT2D eigenvalue weighted by atomic mass is 10.0. The molecule has 0 unspecified atom stereocenters. The third-order valence-corrected chi connectivity index (χ3v) is 8.50. The Labute approximate surface area is 262 Å². The number of likely N-dealkylation sites (N-methyl/N-ethyl adjacent to an activating group) is 2. The Morgan fingerprint density at radius 3 is 2.02 bits per heavy atom. The highest BCUT2D eigenvalue weighted by Crippen LogP contribution is 2.30. The number of anilines is 5. The van der Waals surface area contributed by atoms with E-state index in [9.17, 15) is 9.90 Å². The number of rotatable bonds is 8. The minimum absolute atomic E-state index is 0.0447. The predicted molar refractivity (Wildman–Crippen MR) is 178 cm³/mol. The fourth-order valence-electron chi connectivity index (χ4n) is 6.12. The average Bonchev–Trinajstić information content (AvgIpc) is 3.05. The number of benzene rings is 3. The van der Waals surface area contributed by atoms with Gasteiger partial charge in [0.1, 0.15) is 5.75 Å². The summed E-state index contributed by atoms with van der Waals surface area (Å²) in [6.45, 7) is 2.74. The number of aromatic nitrogens is 3. The van der Waals surface area contributed by atoms with Crippen molar-refractivity contribution in [3.8, 4) is 5.75 Å². The summed E-state index contributed by atoms with van der Waals surface area (Å²) in [5, 5.41) is 25.2. The molecule has 1 aromatic heterocycles. The van der Waals surface area contributed by atoms with Crippen LogP contribution >= 0.6 is 0 Å². The number of phenols is 1. The van der Waals surface area contributed by atoms with Crippen molar-refractivity contribution in [2.75, 3.05) is 60.7 Å². The van der Waals surface area contributed by atoms with Crippen LogP contribution in [0.15, 0.2) is 60.7 Å². The number of hydrogen-bond donors (Lipinski definition) is 7. The van der Waals surface area contributed by atoms with Crippen LogP contribution in [0.2, 0.25) is 0 Å². The second kappa shape index (κ2) is 13.2. The number of piperidine rings is 2. The molecule has 0 aliphatic carbocycles. The number of amides is 1. The van der Waals surface area contributed by atoms with E-state index in [4.69, 9.17) is 26.4 Å². The van der Waals surface area contributed by atoms with Gasteiger partial charge in [-0.1, -0.05) is 30.3 Å². The number of fused-ring (bicyclic) bond motifs is 1. The maximum Gasteiger partial charge on any atom is 0.259 e. The molecule has 4 atom stereocenters. The summed E-state index contributed by atoms with van der Waals surface area (Å²) in [6, 6.07) is 18.5. The van der Waals surface area contributed by atoms with Crippen LogP contribution in [0.3, 0.4) is 0 Å². The van der Waals surface area contributed by atoms with Crippen molar-refractivity contribution in [1.82, 2.24) is 25.6 Å². The van der Waals surface area contributed by atoms with E-state index in [0.29, 0.717) is 42.0 Å². The van der Waals surface area contributed by atoms with Gasteiger partial charge in [0, 0.05) is 67.1 Å². The summed E-state index contributed by atoms with van der Waals surface area (Å²) in [4.78, 5) is 31.7. The monoisotopic (exact) mass is 611 g/mol. The molecule has 0 spiro atoms. The van der Waals surface area contributed by atoms with Crippen LogP contribution < -0.4 is 42.5 Å². The van der Waals surface area contributed by atoms with Gasteiger partial charge in [-0.15, -0.1) is 0 Å². The molecule has 2 aliphatic rings. The van der Waals surface area contributed by atoms with Crippen LogP contribution in [0.5, 0.6) is 5.75 Å². The molecular formula is C32H41N11O2. The molecule has 2 aliphatic heterocycles. The number of nitrogens with zero attached hydrogens (tertiary/aromatic N) is 5. The van der Waals surface area contributed by atoms with Crippen molar-refractivity contribution in [1.29, 1.82) is 0 Å². The fourth-order valence-corrected chi connectivity index (χ4v) is 6.12. The van der Waals surface area contributed by atoms with E-state index in [0.717, 1.165) is 37.0 Å². The lowest BCUT2D eigenvalue weighted by Gasteiger charge is -2.38. The van der Waals surface area contributed by atoms with E-state index in [-0.39, 0.29) is 35.5 Å². The van der Waals surface area contributed by atoms with E-state index >= 15 is 0 Å². The number of nitrogens with one attached hydrogen (secondary N) is 4. The summed E-state index contributed by atoms with van der Waals surface area (Å²) in [7, 11) is 3.94. The highest BCUT2D eigenvalue weighted by molar-refractivity contribution is 6.09. The third-order valence-electron chi connectivity index (χ3n) is 8.50. The maximum atomic E-state index is 13.0. The van der Waals surface area contributed by atoms with Gasteiger partial charge in [-0.3, -0.25) is 4.79 Å². The van der Waals surface area contributed by atoms with E-state index in [1.807, 2.05) is 55.4 Å². The lowest BCUT2D eigenvalue weighted by molar-refractivity contribution is 0.102. The molecule has 0 bridgehead atoms. The minimum atomic E-state index is -0.398. The van der Waals surface area contributed by atoms with Crippen molar-refractivity contribution in [3.63, 3.8) is 0 Å². The van der Waals surface area contributed by atoms with Gasteiger partial charge < -0.3 is 47.6 Å². The molecule has 45 heavy (non-hydrogen) atoms. The van der Waals surface area contributed by atoms with E-state index < -0.39 is 5.91 Å². The molecular weight excluding hydrogens is 570 g/mol. The van der Waals surface area contributed by atoms with Crippen LogP contribution in [0, 0.1) is 0 Å². The molecule has 3 heterocycles. The molecule has 236 valence electrons. The molecule has 13 nitrogen and oxygen atoms in total. The van der Waals surface area contributed by atoms with Crippen molar-refractivity contribution in [2.45, 2.75) is 37.0 Å². The van der Waals surface area contributed by atoms with Gasteiger partial charge in [0.25, 0.3) is 5.91 Å². The molecule has 0 saturated carbocycles. The fraction of sp³-hybridized carbons (Fsp3) is 0.375. The number of carbonyl (C=O) groups excluding carboxylic acids is 1. The van der Waals surface area contributed by atoms with Crippen molar-refractivity contribution >= 4 is 45.9 Å². The molecule has 6 rings (SSSR count). The zero-order chi connectivity index (χ0) is 31.5. The highest BCUT2D eigenvalue weighted by atomic mass is 16.3. The Morgan fingerprint density at radius 2 is 1.38 bits per heavy atom. The van der Waals surface area contributed by atoms with Gasteiger partial charge in [-0.2, -0.15) is 15.0 Å². The Bertz CT molecular complexity index is 1630. The summed E-state index contributed by atoms with van der Waals surface area (Å²) in [5.41, 5.74) is 14.1. The lowest BCUT2D eigenvalue weighted by Crippen LogP contribution is -2.55. The number of nitrogens with two attached hydrogens (primary N) is 2. The number of carbonyl (C=O) groups is 1. The topological polar surface area (TPSA) is 183 Å². The average molecular weight is 612 g/mol. The summed E-state index contributed by atoms with van der Waals surface area (Å²) in [6.07, 6.45) is 1.76. The van der Waals surface area contributed by atoms with E-state index in [1.165, 1.54) is 0 Å². The molecule has 9 N–H and O–H groups in total. The van der Waals surface area contributed by atoms with Gasteiger partial charge in [0.05, 0.1) is 5.56 Å². The van der Waals surface area contributed by atoms with Crippen LogP contribution in [0.25, 0.3) is 10.8 Å². The number of phenolic OH excluding ortho intramolecular Hbond substituents is 1. The van der Waals surface area contributed by atoms with Crippen LogP contribution in [0.1, 0.15) is 23.2 Å². The first-order chi connectivity index (χ1) is 21.8. The molecule has 4 aromatic rings. The smallest absolute Gasteiger partial charge is 0.259 e. The third kappa shape index (κ3) is 6.91. The molecule has 2 fully saturated rings. The van der Waals surface area contributed by atoms with Gasteiger partial charge >= 0.3 is 0 Å². The Kier molecular flexibility index (Phi) is 8.94. The van der Waals surface area contributed by atoms with Gasteiger partial charge in [0.2, 0.25) is 17.8 Å². The van der Waals surface area contributed by atoms with Crippen molar-refractivity contribution in [2.24, 2.45) is 11.5 Å². The first-order valence-electron chi connectivity index (χ1n) is 15.3. The van der Waals surface area contributed by atoms with E-state index in [1.54, 1.807) is 24.3 Å². The number of hydrogen-bond acceptors (Lipinski definition) is 12. The SMILES string of the molecule is CN[C@@H]1C[C@H](NC)CN(c2nc(Nc3ccc(NC(=O)c4ccc5ccccc5c4O)cc3)nc(N3C[C@H](N)C[C@H](N)C3)n2)C1. The first kappa shape index (κ1) is 30.5. The van der Waals surface area contributed by atoms with Crippen LogP contribution in [-0.4, -0.2) is 90.4 Å². The normalized spacial score (nSPS) is 22.0. The van der Waals surface area contributed by atoms with Gasteiger partial charge in [0.15, 0.2) is 0 Å². The Balaban J connectivity index is 1.22. The summed E-state index contributed by atoms with van der Waals surface area (Å²) in [5.74, 6) is 1.06. The quantitative estimate of drug-likeness (QED) is 0.154. The largest absolute Gasteiger partial charge is 0.506 e. The highest BCUT2D eigenvalue weighted by Gasteiger charge is 2.30. The standard InChI is InChI=1S/C32H41N11O2/c1-35-24-14-25(36-2)18-43(17-24)32-40-30(39-31(41-32)42-15-20(33)13-21(34)16-42)38-23-10-8-22(9-11-23)37-29(45)27-12-7-19-5-3-4-6-26(19)28(27)44/h3-12,20-21,24-25,35-36,44H,13-18,33-34H2,1-2H3,(H,37,45)(H,38,39,40,41)/t20-,21+,24-,25+. The molecule has 1 amide bonds. The molecule has 3 aromatic carbocycles. The van der Waals surface area contributed by atoms with Crippen LogP contribution in [-0.2, 0) is 0 Å². The van der Waals surface area contributed by atoms with Crippen molar-refractivity contribution < 1.29 is 9.90 Å². The van der Waals surface area contributed by atoms with Gasteiger partial charge in [-0.05, 0) is 62.7 Å². The molecule has 2 saturated heterocycles. The van der Waals surface area contributed by atoms with Crippen molar-refractivity contribution in [3.05, 3.63) is 66.2 Å². The Hall–Kier alpha value is -4.56. The first-order valence-corrected chi connectivity index (χ1v) is 15.3. The predicted octanol–water partition coefficient (Wildman–Crippen LogP) is 1.98. The second-order valence-electron chi connectivity index (χ2n) is 11.9. The number of aromatic hydroxyl groups is 1. The molecule has 0 radical (unpaired) electrons. The Morgan fingerprint density at radius 1 is 0.778 bits per heavy atom. The summed E-state index contributed by atoms with van der Waals surface area (Å²) >= 11 is 0. The molecule has 13 heteroatoms. The maximum absolute atomic E-state index is 13.0. The second-order valence-corrected chi connectivity index (χ2v) is 11.9. The minimum Gasteiger partial charge on any atom is -0.506 e. The van der Waals surface area contributed by atoms with Gasteiger partial charge in [-0.25, -0.2) is 0 Å². The zero-order valence-corrected chi connectivity index (χ0v) is 25.6. The van der Waals surface area contributed by atoms with E-state index in [2.05, 4.69) is 26.2 Å². The van der Waals surface area contributed by atoms with Crippen LogP contribution in [0.4, 0.5) is 29.2 Å². The zero-order valence-electron chi connectivity index (χ0n) is 25.6.